The van der Waals surface area contributed by atoms with Crippen LogP contribution in [0.25, 0.3) is 6.08 Å². The van der Waals surface area contributed by atoms with Crippen molar-refractivity contribution >= 4 is 6.08 Å². The summed E-state index contributed by atoms with van der Waals surface area (Å²) in [7, 11) is 4.78. The normalized spacial score (nSPS) is 11.7. The number of methoxy groups -OCH3 is 3. The smallest absolute Gasteiger partial charge is 0.203 e. The predicted octanol–water partition coefficient (Wildman–Crippen LogP) is 4.58. The molecule has 0 bridgehead atoms. The molecule has 0 spiro atoms. The summed E-state index contributed by atoms with van der Waals surface area (Å²) in [4.78, 5) is 0. The lowest BCUT2D eigenvalue weighted by Gasteiger charge is -2.12. The van der Waals surface area contributed by atoms with E-state index in [0.717, 1.165) is 11.1 Å². The third-order valence-corrected chi connectivity index (χ3v) is 2.93. The monoisotopic (exact) mass is 298 g/mol. The third kappa shape index (κ3) is 4.70. The van der Waals surface area contributed by atoms with Gasteiger partial charge in [-0.3, -0.25) is 0 Å². The highest BCUT2D eigenvalue weighted by Crippen LogP contribution is 2.38. The Hall–Kier alpha value is -2.68. The van der Waals surface area contributed by atoms with Crippen LogP contribution < -0.4 is 14.2 Å². The van der Waals surface area contributed by atoms with Crippen molar-refractivity contribution in [1.82, 2.24) is 0 Å². The summed E-state index contributed by atoms with van der Waals surface area (Å²) in [5.74, 6) is 1.82. The summed E-state index contributed by atoms with van der Waals surface area (Å²) < 4.78 is 16.0. The van der Waals surface area contributed by atoms with Crippen molar-refractivity contribution in [2.24, 2.45) is 0 Å². The molecule has 0 unspecified atom stereocenters. The second kappa shape index (κ2) is 9.29. The van der Waals surface area contributed by atoms with Gasteiger partial charge in [0.25, 0.3) is 0 Å². The van der Waals surface area contributed by atoms with E-state index in [2.05, 4.69) is 13.2 Å². The minimum Gasteiger partial charge on any atom is -0.493 e. The van der Waals surface area contributed by atoms with Crippen molar-refractivity contribution in [2.75, 3.05) is 21.3 Å². The maximum Gasteiger partial charge on any atom is 0.203 e. The Morgan fingerprint density at radius 2 is 1.59 bits per heavy atom. The summed E-state index contributed by atoms with van der Waals surface area (Å²) in [5, 5.41) is 0. The predicted molar refractivity (Wildman–Crippen MR) is 92.7 cm³/mol. The van der Waals surface area contributed by atoms with Crippen LogP contribution in [0.1, 0.15) is 5.56 Å². The Morgan fingerprint density at radius 3 is 2.05 bits per heavy atom. The standard InChI is InChI=1S/C19H22O3/c1-6-8-9-10-15(7-2)11-12-16-13-17(20-3)19(22-5)18(14-16)21-4/h6-14H,1-2H2,3-5H3/b9-8-,12-11-,15-10+. The number of benzene rings is 1. The van der Waals surface area contributed by atoms with E-state index in [-0.39, 0.29) is 0 Å². The SMILES string of the molecule is C=C\C=C/C=C(C=C)/C=C\c1cc(OC)c(OC)c(OC)c1. The van der Waals surface area contributed by atoms with Gasteiger partial charge in [-0.25, -0.2) is 0 Å². The van der Waals surface area contributed by atoms with Crippen LogP contribution in [-0.2, 0) is 0 Å². The summed E-state index contributed by atoms with van der Waals surface area (Å²) in [5.41, 5.74) is 1.92. The minimum atomic E-state index is 0.579. The van der Waals surface area contributed by atoms with Crippen molar-refractivity contribution in [3.8, 4) is 17.2 Å². The van der Waals surface area contributed by atoms with Crippen LogP contribution in [0.3, 0.4) is 0 Å². The molecule has 0 fully saturated rings. The van der Waals surface area contributed by atoms with Crippen molar-refractivity contribution in [3.05, 3.63) is 72.9 Å². The first-order valence-corrected chi connectivity index (χ1v) is 6.80. The molecule has 0 heterocycles. The van der Waals surface area contributed by atoms with Gasteiger partial charge in [-0.05, 0) is 23.3 Å². The highest BCUT2D eigenvalue weighted by molar-refractivity contribution is 5.64. The van der Waals surface area contributed by atoms with E-state index in [1.807, 2.05) is 42.5 Å². The Bertz CT molecular complexity index is 582. The van der Waals surface area contributed by atoms with Gasteiger partial charge in [-0.1, -0.05) is 55.7 Å². The van der Waals surface area contributed by atoms with E-state index >= 15 is 0 Å². The molecule has 116 valence electrons. The Labute approximate surface area is 132 Å². The average Bonchev–Trinajstić information content (AvgIpc) is 2.56. The second-order valence-corrected chi connectivity index (χ2v) is 4.28. The molecule has 0 radical (unpaired) electrons. The summed E-state index contributed by atoms with van der Waals surface area (Å²) >= 11 is 0. The van der Waals surface area contributed by atoms with Gasteiger partial charge < -0.3 is 14.2 Å². The lowest BCUT2D eigenvalue weighted by molar-refractivity contribution is 0.324. The maximum atomic E-state index is 5.34. The average molecular weight is 298 g/mol. The van der Waals surface area contributed by atoms with Gasteiger partial charge in [-0.2, -0.15) is 0 Å². The zero-order valence-electron chi connectivity index (χ0n) is 13.3. The molecule has 3 heteroatoms. The lowest BCUT2D eigenvalue weighted by atomic mass is 10.1. The van der Waals surface area contributed by atoms with Gasteiger partial charge in [0.2, 0.25) is 5.75 Å². The van der Waals surface area contributed by atoms with Crippen LogP contribution in [0.2, 0.25) is 0 Å². The summed E-state index contributed by atoms with van der Waals surface area (Å²) in [6, 6.07) is 3.77. The van der Waals surface area contributed by atoms with E-state index in [9.17, 15) is 0 Å². The number of hydrogen-bond donors (Lipinski definition) is 0. The van der Waals surface area contributed by atoms with Crippen LogP contribution in [0.15, 0.2) is 67.3 Å². The Balaban J connectivity index is 3.13. The Morgan fingerprint density at radius 1 is 0.955 bits per heavy atom. The maximum absolute atomic E-state index is 5.34. The molecule has 0 aromatic heterocycles. The number of hydrogen-bond acceptors (Lipinski definition) is 3. The molecule has 1 aromatic rings. The Kier molecular flexibility index (Phi) is 7.34. The number of rotatable bonds is 8. The molecule has 0 aliphatic heterocycles. The number of ether oxygens (including phenoxy) is 3. The molecule has 0 atom stereocenters. The highest BCUT2D eigenvalue weighted by atomic mass is 16.5. The fourth-order valence-corrected chi connectivity index (χ4v) is 1.83. The van der Waals surface area contributed by atoms with E-state index < -0.39 is 0 Å². The van der Waals surface area contributed by atoms with E-state index in [1.54, 1.807) is 33.5 Å². The molecule has 1 aromatic carbocycles. The second-order valence-electron chi connectivity index (χ2n) is 4.28. The molecular weight excluding hydrogens is 276 g/mol. The topological polar surface area (TPSA) is 27.7 Å². The first-order valence-electron chi connectivity index (χ1n) is 6.80. The van der Waals surface area contributed by atoms with Gasteiger partial charge in [0, 0.05) is 0 Å². The zero-order valence-corrected chi connectivity index (χ0v) is 13.3. The fourth-order valence-electron chi connectivity index (χ4n) is 1.83. The van der Waals surface area contributed by atoms with Crippen LogP contribution >= 0.6 is 0 Å². The van der Waals surface area contributed by atoms with Crippen molar-refractivity contribution < 1.29 is 14.2 Å². The first-order chi connectivity index (χ1) is 10.7. The number of allylic oxidation sites excluding steroid dienone is 7. The van der Waals surface area contributed by atoms with Gasteiger partial charge in [0.1, 0.15) is 0 Å². The molecule has 0 aliphatic rings. The zero-order chi connectivity index (χ0) is 16.4. The highest BCUT2D eigenvalue weighted by Gasteiger charge is 2.11. The quantitative estimate of drug-likeness (QED) is 0.657. The van der Waals surface area contributed by atoms with Gasteiger partial charge in [-0.15, -0.1) is 0 Å². The van der Waals surface area contributed by atoms with Crippen molar-refractivity contribution in [1.29, 1.82) is 0 Å². The molecule has 0 saturated heterocycles. The molecule has 0 amide bonds. The van der Waals surface area contributed by atoms with Crippen LogP contribution in [0, 0.1) is 0 Å². The molecule has 0 N–H and O–H groups in total. The van der Waals surface area contributed by atoms with Gasteiger partial charge in [0.05, 0.1) is 21.3 Å². The minimum absolute atomic E-state index is 0.579. The summed E-state index contributed by atoms with van der Waals surface area (Å²) in [6.45, 7) is 7.43. The van der Waals surface area contributed by atoms with Crippen molar-refractivity contribution in [3.63, 3.8) is 0 Å². The largest absolute Gasteiger partial charge is 0.493 e. The molecular formula is C19H22O3. The summed E-state index contributed by atoms with van der Waals surface area (Å²) in [6.07, 6.45) is 13.1. The first kappa shape index (κ1) is 17.4. The lowest BCUT2D eigenvalue weighted by Crippen LogP contribution is -1.95. The molecule has 22 heavy (non-hydrogen) atoms. The van der Waals surface area contributed by atoms with Crippen molar-refractivity contribution in [2.45, 2.75) is 0 Å². The van der Waals surface area contributed by atoms with Gasteiger partial charge in [0.15, 0.2) is 11.5 Å². The molecule has 0 aliphatic carbocycles. The van der Waals surface area contributed by atoms with E-state index in [0.29, 0.717) is 17.2 Å². The van der Waals surface area contributed by atoms with E-state index in [4.69, 9.17) is 14.2 Å². The van der Waals surface area contributed by atoms with E-state index in [1.165, 1.54) is 0 Å². The third-order valence-electron chi connectivity index (χ3n) is 2.93. The van der Waals surface area contributed by atoms with Crippen LogP contribution in [0.5, 0.6) is 17.2 Å². The van der Waals surface area contributed by atoms with Gasteiger partial charge >= 0.3 is 0 Å². The van der Waals surface area contributed by atoms with Crippen LogP contribution in [-0.4, -0.2) is 21.3 Å². The molecule has 3 nitrogen and oxygen atoms in total. The molecule has 1 rings (SSSR count). The van der Waals surface area contributed by atoms with Crippen LogP contribution in [0.4, 0.5) is 0 Å². The molecule has 0 saturated carbocycles. The fraction of sp³-hybridized carbons (Fsp3) is 0.158.